The van der Waals surface area contributed by atoms with Crippen LogP contribution >= 0.6 is 0 Å². The average Bonchev–Trinajstić information content (AvgIpc) is 1.73. The van der Waals surface area contributed by atoms with Gasteiger partial charge in [0.1, 0.15) is 16.7 Å². The van der Waals surface area contributed by atoms with E-state index in [1.54, 1.807) is 88.2 Å². The molecule has 3 amide bonds. The Morgan fingerprint density at radius 2 is 0.868 bits per heavy atom. The number of fused-ring (bicyclic) bond motifs is 6. The summed E-state index contributed by atoms with van der Waals surface area (Å²) < 4.78 is 4.85. The molecule has 10 heterocycles. The van der Waals surface area contributed by atoms with Gasteiger partial charge in [-0.15, -0.1) is 12.3 Å². The van der Waals surface area contributed by atoms with E-state index in [0.29, 0.717) is 50.7 Å². The van der Waals surface area contributed by atoms with Gasteiger partial charge in [-0.1, -0.05) is 139 Å². The lowest BCUT2D eigenvalue weighted by molar-refractivity contribution is 0.0931. The summed E-state index contributed by atoms with van der Waals surface area (Å²) in [6.07, 6.45) is 19.5. The van der Waals surface area contributed by atoms with E-state index in [1.807, 2.05) is 199 Å². The molecule has 0 saturated heterocycles. The summed E-state index contributed by atoms with van der Waals surface area (Å²) in [5.41, 5.74) is 18.8. The van der Waals surface area contributed by atoms with Gasteiger partial charge in [-0.25, -0.2) is 43.5 Å². The number of pyridine rings is 4. The first-order valence-electron chi connectivity index (χ1n) is 34.3. The van der Waals surface area contributed by atoms with E-state index in [1.165, 1.54) is 0 Å². The van der Waals surface area contributed by atoms with Crippen LogP contribution in [0.2, 0.25) is 0 Å². The lowest BCUT2D eigenvalue weighted by Gasteiger charge is -2.19. The Morgan fingerprint density at radius 3 is 1.34 bits per heavy atom. The number of nitrogens with zero attached hydrogens (tertiary/aromatic N) is 13. The first-order valence-corrected chi connectivity index (χ1v) is 34.3. The van der Waals surface area contributed by atoms with Crippen molar-refractivity contribution in [1.29, 1.82) is 0 Å². The van der Waals surface area contributed by atoms with Crippen molar-refractivity contribution in [3.63, 3.8) is 0 Å². The SMILES string of the molecule is C#Cc1cccc2nc([C@H](C)NC(=O)c3c(C)nn4cccnc34)c(-c3ccccc3)cc12.CC#Cc1cccc2nc([C@H](C)NC(=O)c3c(C)nn4cccnc34)c(-c3ccccc3)cc12.Cc1nn2cccnc2c1C(=O)N[C@@H](C)c1cc2cccc(C#Cc3ccncc3)c2nc1-c1ccccc1. The molecule has 10 aromatic heterocycles. The van der Waals surface area contributed by atoms with Gasteiger partial charge in [0.25, 0.3) is 17.7 Å². The maximum Gasteiger partial charge on any atom is 0.257 e. The second-order valence-electron chi connectivity index (χ2n) is 25.1. The number of para-hydroxylation sites is 1. The number of hydrogen-bond acceptors (Lipinski definition) is 13. The largest absolute Gasteiger partial charge is 0.345 e. The molecule has 19 heteroatoms. The standard InChI is InChI=1S/C32H24N6O.C28H23N5O.C27H21N5O/c1-21(35-32(39)28-22(2)37-38-19-7-16-34-31(28)38)27-20-26-11-6-10-25(13-12-23-14-17-33-18-15-23)29(26)36-30(27)24-8-4-3-5-9-24;1-4-10-20-13-8-14-24-22(20)17-23(21-11-6-5-7-12-21)26(31-24)19(3)30-28(34)25-18(2)32-33-16-9-15-29-27(25)33;1-4-19-12-8-13-23-21(19)16-22(20-10-6-5-7-11-20)25(30-23)18(3)29-27(33)24-17(2)31-32-15-9-14-28-26(24)32/h3-11,14-21H,1-2H3,(H,35,39);5-9,11-17,19H,1-3H3,(H,30,34);1,5-16,18H,2-3H3,(H,29,33)/t21-;19-;18-/m000/s1. The summed E-state index contributed by atoms with van der Waals surface area (Å²) in [6, 6.07) is 62.0. The highest BCUT2D eigenvalue weighted by molar-refractivity contribution is 6.03. The van der Waals surface area contributed by atoms with E-state index in [-0.39, 0.29) is 35.8 Å². The number of terminal acetylenes is 1. The Labute approximate surface area is 611 Å². The van der Waals surface area contributed by atoms with Crippen LogP contribution in [0.1, 0.15) is 133 Å². The van der Waals surface area contributed by atoms with Crippen LogP contribution in [0.3, 0.4) is 0 Å². The number of nitrogens with one attached hydrogen (secondary N) is 3. The molecule has 106 heavy (non-hydrogen) atoms. The van der Waals surface area contributed by atoms with E-state index in [2.05, 4.69) is 99.0 Å². The highest BCUT2D eigenvalue weighted by Gasteiger charge is 2.27. The molecule has 0 radical (unpaired) electrons. The van der Waals surface area contributed by atoms with Gasteiger partial charge in [0.2, 0.25) is 0 Å². The third kappa shape index (κ3) is 14.2. The van der Waals surface area contributed by atoms with E-state index in [4.69, 9.17) is 21.4 Å². The lowest BCUT2D eigenvalue weighted by atomic mass is 9.96. The van der Waals surface area contributed by atoms with Crippen LogP contribution in [0.15, 0.2) is 244 Å². The van der Waals surface area contributed by atoms with Gasteiger partial charge in [-0.05, 0) is 138 Å². The second kappa shape index (κ2) is 30.5. The predicted octanol–water partition coefficient (Wildman–Crippen LogP) is 15.4. The van der Waals surface area contributed by atoms with Gasteiger partial charge in [-0.2, -0.15) is 15.3 Å². The van der Waals surface area contributed by atoms with E-state index < -0.39 is 0 Å². The summed E-state index contributed by atoms with van der Waals surface area (Å²) in [5, 5.41) is 25.5. The smallest absolute Gasteiger partial charge is 0.257 e. The quantitative estimate of drug-likeness (QED) is 0.0968. The number of rotatable bonds is 12. The van der Waals surface area contributed by atoms with Crippen molar-refractivity contribution in [3.8, 4) is 69.5 Å². The van der Waals surface area contributed by atoms with Crippen LogP contribution in [0.25, 0.3) is 83.2 Å². The highest BCUT2D eigenvalue weighted by Crippen LogP contribution is 2.36. The molecule has 0 aliphatic rings. The molecule has 16 aromatic rings. The third-order valence-electron chi connectivity index (χ3n) is 18.0. The van der Waals surface area contributed by atoms with Crippen molar-refractivity contribution in [2.24, 2.45) is 0 Å². The molecule has 3 N–H and O–H groups in total. The van der Waals surface area contributed by atoms with E-state index >= 15 is 0 Å². The summed E-state index contributed by atoms with van der Waals surface area (Å²) >= 11 is 0. The van der Waals surface area contributed by atoms with Crippen molar-refractivity contribution < 1.29 is 14.4 Å². The van der Waals surface area contributed by atoms with Crippen molar-refractivity contribution in [3.05, 3.63) is 317 Å². The molecule has 0 unspecified atom stereocenters. The topological polar surface area (TPSA) is 229 Å². The van der Waals surface area contributed by atoms with Gasteiger partial charge in [0.05, 0.1) is 74.4 Å². The zero-order chi connectivity index (χ0) is 73.4. The van der Waals surface area contributed by atoms with Gasteiger partial charge >= 0.3 is 0 Å². The minimum atomic E-state index is -0.371. The minimum Gasteiger partial charge on any atom is -0.345 e. The fraction of sp³-hybridized carbons (Fsp3) is 0.115. The third-order valence-corrected chi connectivity index (χ3v) is 18.0. The van der Waals surface area contributed by atoms with Crippen LogP contribution in [0.5, 0.6) is 0 Å². The van der Waals surface area contributed by atoms with E-state index in [9.17, 15) is 14.4 Å². The monoisotopic (exact) mass is 1380 g/mol. The summed E-state index contributed by atoms with van der Waals surface area (Å²) in [5.74, 6) is 14.7. The Balaban J connectivity index is 0.000000134. The number of hydrogen-bond donors (Lipinski definition) is 3. The molecule has 0 spiro atoms. The van der Waals surface area contributed by atoms with Crippen LogP contribution in [-0.2, 0) is 0 Å². The number of benzene rings is 6. The van der Waals surface area contributed by atoms with Crippen molar-refractivity contribution >= 4 is 67.4 Å². The summed E-state index contributed by atoms with van der Waals surface area (Å²) in [6.45, 7) is 13.1. The Bertz CT molecular complexity index is 6220. The molecule has 0 fully saturated rings. The normalized spacial score (nSPS) is 11.8. The molecule has 0 saturated carbocycles. The molecule has 0 aliphatic heterocycles. The fourth-order valence-corrected chi connectivity index (χ4v) is 13.0. The van der Waals surface area contributed by atoms with Crippen LogP contribution < -0.4 is 16.0 Å². The zero-order valence-electron chi connectivity index (χ0n) is 58.9. The molecule has 6 aromatic carbocycles. The predicted molar refractivity (Wildman–Crippen MR) is 413 cm³/mol. The van der Waals surface area contributed by atoms with Gasteiger partial charge in [0.15, 0.2) is 16.9 Å². The fourth-order valence-electron chi connectivity index (χ4n) is 13.0. The van der Waals surface area contributed by atoms with Gasteiger partial charge in [0, 0.05) is 105 Å². The first-order chi connectivity index (χ1) is 51.7. The Kier molecular flexibility index (Phi) is 19.8. The van der Waals surface area contributed by atoms with Gasteiger partial charge in [-0.3, -0.25) is 19.4 Å². The minimum absolute atomic E-state index is 0.231. The molecule has 16 rings (SSSR count). The number of aromatic nitrogens is 13. The van der Waals surface area contributed by atoms with Crippen LogP contribution in [-0.4, -0.2) is 81.5 Å². The maximum absolute atomic E-state index is 13.5. The number of carbonyl (C=O) groups is 3. The van der Waals surface area contributed by atoms with Crippen LogP contribution in [0.4, 0.5) is 0 Å². The molecule has 19 nitrogen and oxygen atoms in total. The first kappa shape index (κ1) is 68.8. The number of amides is 3. The molecular formula is C87H68N16O3. The Morgan fingerprint density at radius 1 is 0.434 bits per heavy atom. The Hall–Kier alpha value is -14.4. The maximum atomic E-state index is 13.5. The molecule has 0 bridgehead atoms. The molecule has 0 aliphatic carbocycles. The lowest BCUT2D eigenvalue weighted by Crippen LogP contribution is -2.28. The average molecular weight is 1390 g/mol. The number of aryl methyl sites for hydroxylation is 3. The summed E-state index contributed by atoms with van der Waals surface area (Å²) in [7, 11) is 0. The second-order valence-corrected chi connectivity index (χ2v) is 25.1. The molecule has 3 atom stereocenters. The molecular weight excluding hydrogens is 1320 g/mol. The number of carbonyl (C=O) groups excluding carboxylic acids is 3. The van der Waals surface area contributed by atoms with Crippen molar-refractivity contribution in [2.45, 2.75) is 66.6 Å². The van der Waals surface area contributed by atoms with Crippen molar-refractivity contribution in [2.75, 3.05) is 0 Å². The molecule has 514 valence electrons. The summed E-state index contributed by atoms with van der Waals surface area (Å²) in [4.78, 5) is 72.2. The van der Waals surface area contributed by atoms with Crippen molar-refractivity contribution in [1.82, 2.24) is 79.7 Å². The highest BCUT2D eigenvalue weighted by atomic mass is 16.2. The van der Waals surface area contributed by atoms with E-state index in [0.717, 1.165) is 105 Å². The van der Waals surface area contributed by atoms with Crippen LogP contribution in [0, 0.1) is 56.8 Å². The zero-order valence-corrected chi connectivity index (χ0v) is 58.9. The van der Waals surface area contributed by atoms with Gasteiger partial charge < -0.3 is 16.0 Å².